The van der Waals surface area contributed by atoms with Crippen LogP contribution in [0.2, 0.25) is 0 Å². The number of ether oxygens (including phenoxy) is 1. The van der Waals surface area contributed by atoms with Crippen molar-refractivity contribution < 1.29 is 9.53 Å². The molecule has 0 bridgehead atoms. The lowest BCUT2D eigenvalue weighted by Crippen LogP contribution is -2.49. The maximum atomic E-state index is 12.2. The number of halogens is 1. The zero-order valence-corrected chi connectivity index (χ0v) is 17.9. The van der Waals surface area contributed by atoms with Crippen LogP contribution in [0.25, 0.3) is 10.9 Å². The summed E-state index contributed by atoms with van der Waals surface area (Å²) >= 11 is 3.72. The van der Waals surface area contributed by atoms with Gasteiger partial charge in [0.05, 0.1) is 11.2 Å². The zero-order chi connectivity index (χ0) is 19.1. The maximum absolute atomic E-state index is 12.2. The van der Waals surface area contributed by atoms with E-state index in [0.717, 1.165) is 24.0 Å². The summed E-state index contributed by atoms with van der Waals surface area (Å²) in [6.07, 6.45) is 1.94. The molecular weight excluding hydrogens is 406 g/mol. The van der Waals surface area contributed by atoms with Gasteiger partial charge in [0.1, 0.15) is 0 Å². The topological polar surface area (TPSA) is 48.6 Å². The predicted molar refractivity (Wildman–Crippen MR) is 111 cm³/mol. The molecular formula is C21H28BrN3O2. The molecule has 2 aromatic rings. The van der Waals surface area contributed by atoms with Crippen LogP contribution in [-0.4, -0.2) is 60.2 Å². The SMILES string of the molecule is CCN(CC)C(=O)OCC1C[C@@H]2c3cccc4[nH]c(Br)c(c34)C[C@H]2N(C)C1. The highest BCUT2D eigenvalue weighted by atomic mass is 79.9. The molecule has 0 spiro atoms. The molecule has 1 aliphatic carbocycles. The highest BCUT2D eigenvalue weighted by Gasteiger charge is 2.40. The Bertz CT molecular complexity index is 845. The molecule has 0 saturated carbocycles. The number of carbonyl (C=O) groups is 1. The number of hydrogen-bond donors (Lipinski definition) is 1. The number of hydrogen-bond acceptors (Lipinski definition) is 3. The third-order valence-corrected chi connectivity index (χ3v) is 7.03. The van der Waals surface area contributed by atoms with Gasteiger partial charge in [0.2, 0.25) is 0 Å². The lowest BCUT2D eigenvalue weighted by atomic mass is 9.72. The quantitative estimate of drug-likeness (QED) is 0.778. The summed E-state index contributed by atoms with van der Waals surface area (Å²) in [7, 11) is 2.21. The Kier molecular flexibility index (Phi) is 5.21. The smallest absolute Gasteiger partial charge is 0.409 e. The molecule has 2 aliphatic rings. The van der Waals surface area contributed by atoms with Crippen LogP contribution >= 0.6 is 15.9 Å². The first-order valence-electron chi connectivity index (χ1n) is 9.94. The number of amides is 1. The summed E-state index contributed by atoms with van der Waals surface area (Å²) in [4.78, 5) is 19.9. The standard InChI is InChI=1S/C21H28BrN3O2/c1-4-25(5-2)21(26)27-12-13-9-15-14-7-6-8-17-19(14)16(20(22)23-17)10-18(15)24(3)11-13/h6-8,13,15,18,23H,4-5,9-12H2,1-3H3/t13?,15-,18-/m1/s1. The molecule has 1 unspecified atom stereocenters. The number of aromatic nitrogens is 1. The molecule has 4 rings (SSSR count). The summed E-state index contributed by atoms with van der Waals surface area (Å²) in [5, 5.41) is 1.39. The number of likely N-dealkylation sites (tertiary alicyclic amines) is 1. The van der Waals surface area contributed by atoms with Crippen molar-refractivity contribution in [1.82, 2.24) is 14.8 Å². The minimum absolute atomic E-state index is 0.188. The minimum atomic E-state index is -0.188. The highest BCUT2D eigenvalue weighted by Crippen LogP contribution is 2.46. The summed E-state index contributed by atoms with van der Waals surface area (Å²) in [6.45, 7) is 6.83. The van der Waals surface area contributed by atoms with Gasteiger partial charge in [-0.05, 0) is 66.9 Å². The molecule has 1 aliphatic heterocycles. The van der Waals surface area contributed by atoms with Crippen molar-refractivity contribution in [1.29, 1.82) is 0 Å². The van der Waals surface area contributed by atoms with E-state index in [1.807, 2.05) is 13.8 Å². The third kappa shape index (κ3) is 3.27. The van der Waals surface area contributed by atoms with Gasteiger partial charge >= 0.3 is 6.09 Å². The van der Waals surface area contributed by atoms with Crippen LogP contribution < -0.4 is 0 Å². The Balaban J connectivity index is 1.54. The zero-order valence-electron chi connectivity index (χ0n) is 16.3. The van der Waals surface area contributed by atoms with Crippen molar-refractivity contribution >= 4 is 32.9 Å². The van der Waals surface area contributed by atoms with Crippen molar-refractivity contribution in [2.24, 2.45) is 5.92 Å². The van der Waals surface area contributed by atoms with Gasteiger partial charge in [-0.1, -0.05) is 12.1 Å². The van der Waals surface area contributed by atoms with Crippen molar-refractivity contribution in [2.45, 2.75) is 38.6 Å². The fraction of sp³-hybridized carbons (Fsp3) is 0.571. The van der Waals surface area contributed by atoms with Gasteiger partial charge in [0, 0.05) is 48.4 Å². The second-order valence-corrected chi connectivity index (χ2v) is 8.65. The van der Waals surface area contributed by atoms with Crippen molar-refractivity contribution in [2.75, 3.05) is 33.3 Å². The number of rotatable bonds is 4. The molecule has 5 nitrogen and oxygen atoms in total. The Morgan fingerprint density at radius 1 is 1.37 bits per heavy atom. The Morgan fingerprint density at radius 3 is 2.89 bits per heavy atom. The Morgan fingerprint density at radius 2 is 2.15 bits per heavy atom. The second kappa shape index (κ2) is 7.47. The van der Waals surface area contributed by atoms with Crippen molar-refractivity contribution in [3.63, 3.8) is 0 Å². The maximum Gasteiger partial charge on any atom is 0.409 e. The van der Waals surface area contributed by atoms with Crippen molar-refractivity contribution in [3.05, 3.63) is 33.9 Å². The van der Waals surface area contributed by atoms with Crippen LogP contribution in [0.5, 0.6) is 0 Å². The molecule has 3 atom stereocenters. The number of aromatic amines is 1. The summed E-state index contributed by atoms with van der Waals surface area (Å²) in [5.41, 5.74) is 4.05. The molecule has 1 fully saturated rings. The molecule has 1 amide bonds. The van der Waals surface area contributed by atoms with E-state index in [0.29, 0.717) is 37.6 Å². The second-order valence-electron chi connectivity index (χ2n) is 7.86. The van der Waals surface area contributed by atoms with Gasteiger partial charge < -0.3 is 19.5 Å². The number of piperidine rings is 1. The van der Waals surface area contributed by atoms with Gasteiger partial charge in [0.15, 0.2) is 0 Å². The van der Waals surface area contributed by atoms with Crippen LogP contribution in [0, 0.1) is 5.92 Å². The molecule has 2 heterocycles. The molecule has 1 aromatic carbocycles. The van der Waals surface area contributed by atoms with E-state index in [4.69, 9.17) is 4.74 Å². The molecule has 1 saturated heterocycles. The molecule has 6 heteroatoms. The molecule has 1 N–H and O–H groups in total. The van der Waals surface area contributed by atoms with Crippen LogP contribution in [0.4, 0.5) is 4.79 Å². The third-order valence-electron chi connectivity index (χ3n) is 6.35. The van der Waals surface area contributed by atoms with Crippen LogP contribution in [-0.2, 0) is 11.2 Å². The largest absolute Gasteiger partial charge is 0.449 e. The fourth-order valence-electron chi connectivity index (χ4n) is 4.98. The average Bonchev–Trinajstić information content (AvgIpc) is 2.99. The summed E-state index contributed by atoms with van der Waals surface area (Å²) < 4.78 is 6.76. The number of fused-ring (bicyclic) bond motifs is 2. The number of carbonyl (C=O) groups excluding carboxylic acids is 1. The number of benzene rings is 1. The van der Waals surface area contributed by atoms with Crippen molar-refractivity contribution in [3.8, 4) is 0 Å². The van der Waals surface area contributed by atoms with Crippen LogP contribution in [0.15, 0.2) is 22.8 Å². The average molecular weight is 434 g/mol. The van der Waals surface area contributed by atoms with Gasteiger partial charge in [-0.2, -0.15) is 0 Å². The van der Waals surface area contributed by atoms with E-state index < -0.39 is 0 Å². The predicted octanol–water partition coefficient (Wildman–Crippen LogP) is 4.37. The van der Waals surface area contributed by atoms with Gasteiger partial charge in [0.25, 0.3) is 0 Å². The van der Waals surface area contributed by atoms with E-state index in [9.17, 15) is 4.79 Å². The van der Waals surface area contributed by atoms with Crippen LogP contribution in [0.1, 0.15) is 37.3 Å². The lowest BCUT2D eigenvalue weighted by Gasteiger charge is -2.45. The molecule has 0 radical (unpaired) electrons. The monoisotopic (exact) mass is 433 g/mol. The minimum Gasteiger partial charge on any atom is -0.449 e. The molecule has 1 aromatic heterocycles. The Labute approximate surface area is 169 Å². The van der Waals surface area contributed by atoms with E-state index in [-0.39, 0.29) is 6.09 Å². The van der Waals surface area contributed by atoms with Crippen LogP contribution in [0.3, 0.4) is 0 Å². The first-order chi connectivity index (χ1) is 13.0. The first kappa shape index (κ1) is 18.8. The summed E-state index contributed by atoms with van der Waals surface area (Å²) in [6, 6.07) is 7.09. The number of nitrogens with zero attached hydrogens (tertiary/aromatic N) is 2. The lowest BCUT2D eigenvalue weighted by molar-refractivity contribution is 0.0483. The number of likely N-dealkylation sites (N-methyl/N-ethyl adjacent to an activating group) is 1. The fourth-order valence-corrected chi connectivity index (χ4v) is 5.55. The van der Waals surface area contributed by atoms with E-state index >= 15 is 0 Å². The van der Waals surface area contributed by atoms with E-state index in [1.165, 1.54) is 22.0 Å². The van der Waals surface area contributed by atoms with E-state index in [2.05, 4.69) is 51.1 Å². The highest BCUT2D eigenvalue weighted by molar-refractivity contribution is 9.10. The van der Waals surface area contributed by atoms with E-state index in [1.54, 1.807) is 4.90 Å². The van der Waals surface area contributed by atoms with Gasteiger partial charge in [-0.3, -0.25) is 0 Å². The molecule has 27 heavy (non-hydrogen) atoms. The first-order valence-corrected chi connectivity index (χ1v) is 10.7. The van der Waals surface area contributed by atoms with Gasteiger partial charge in [-0.25, -0.2) is 4.79 Å². The number of H-pyrrole nitrogens is 1. The summed E-state index contributed by atoms with van der Waals surface area (Å²) in [5.74, 6) is 0.856. The molecule has 146 valence electrons. The van der Waals surface area contributed by atoms with Gasteiger partial charge in [-0.15, -0.1) is 0 Å². The number of nitrogens with one attached hydrogen (secondary N) is 1. The Hall–Kier alpha value is -1.53. The normalized spacial score (nSPS) is 24.7.